The van der Waals surface area contributed by atoms with Gasteiger partial charge in [0.15, 0.2) is 0 Å². The molecule has 1 aromatic rings. The van der Waals surface area contributed by atoms with Crippen LogP contribution >= 0.6 is 11.3 Å². The normalized spacial score (nSPS) is 24.7. The first-order valence-corrected chi connectivity index (χ1v) is 5.91. The Morgan fingerprint density at radius 3 is 3.00 bits per heavy atom. The van der Waals surface area contributed by atoms with Gasteiger partial charge in [-0.25, -0.2) is 4.98 Å². The molecule has 1 aromatic heterocycles. The van der Waals surface area contributed by atoms with Crippen molar-refractivity contribution in [2.75, 3.05) is 0 Å². The second kappa shape index (κ2) is 4.24. The van der Waals surface area contributed by atoms with Gasteiger partial charge in [-0.1, -0.05) is 12.2 Å². The molecule has 15 heavy (non-hydrogen) atoms. The molecule has 1 heterocycles. The fraction of sp³-hybridized carbons (Fsp3) is 0.455. The molecule has 2 unspecified atom stereocenters. The highest BCUT2D eigenvalue weighted by Crippen LogP contribution is 2.19. The molecule has 80 valence electrons. The van der Waals surface area contributed by atoms with Crippen molar-refractivity contribution in [3.8, 4) is 0 Å². The van der Waals surface area contributed by atoms with Gasteiger partial charge in [0.25, 0.3) is 0 Å². The first kappa shape index (κ1) is 10.5. The summed E-state index contributed by atoms with van der Waals surface area (Å²) in [5.74, 6) is 0.228. The third-order valence-corrected chi connectivity index (χ3v) is 3.37. The van der Waals surface area contributed by atoms with E-state index in [1.807, 2.05) is 24.5 Å². The minimum Gasteiger partial charge on any atom is -0.324 e. The third kappa shape index (κ3) is 2.52. The van der Waals surface area contributed by atoms with Gasteiger partial charge in [0, 0.05) is 17.3 Å². The van der Waals surface area contributed by atoms with Crippen LogP contribution in [0.3, 0.4) is 0 Å². The van der Waals surface area contributed by atoms with Crippen molar-refractivity contribution in [2.45, 2.75) is 25.8 Å². The van der Waals surface area contributed by atoms with E-state index >= 15 is 0 Å². The number of carbonyl (C=O) groups is 1. The van der Waals surface area contributed by atoms with Gasteiger partial charge in [-0.3, -0.25) is 4.79 Å². The summed E-state index contributed by atoms with van der Waals surface area (Å²) < 4.78 is 0. The standard InChI is InChI=1S/C11H14N2OS/c1-7-13-10(6-15-7)5-11(14)8-2-3-9(12)4-8/h2-3,6,8-9H,4-5,12H2,1H3. The quantitative estimate of drug-likeness (QED) is 0.788. The van der Waals surface area contributed by atoms with Crippen LogP contribution in [0.15, 0.2) is 17.5 Å². The molecule has 0 fully saturated rings. The second-order valence-corrected chi connectivity index (χ2v) is 4.95. The van der Waals surface area contributed by atoms with Crippen molar-refractivity contribution in [3.05, 3.63) is 28.2 Å². The minimum absolute atomic E-state index is 0.00186. The molecule has 0 saturated heterocycles. The van der Waals surface area contributed by atoms with E-state index < -0.39 is 0 Å². The maximum atomic E-state index is 11.8. The van der Waals surface area contributed by atoms with Crippen LogP contribution in [-0.4, -0.2) is 16.8 Å². The lowest BCUT2D eigenvalue weighted by molar-refractivity contribution is -0.120. The van der Waals surface area contributed by atoms with Gasteiger partial charge in [-0.05, 0) is 13.3 Å². The van der Waals surface area contributed by atoms with E-state index in [1.165, 1.54) is 0 Å². The van der Waals surface area contributed by atoms with Gasteiger partial charge in [0.2, 0.25) is 0 Å². The summed E-state index contributed by atoms with van der Waals surface area (Å²) in [6.45, 7) is 1.95. The van der Waals surface area contributed by atoms with E-state index in [9.17, 15) is 4.79 Å². The van der Waals surface area contributed by atoms with Crippen LogP contribution < -0.4 is 5.73 Å². The number of hydrogen-bond donors (Lipinski definition) is 1. The number of nitrogens with zero attached hydrogens (tertiary/aromatic N) is 1. The van der Waals surface area contributed by atoms with E-state index in [4.69, 9.17) is 5.73 Å². The fourth-order valence-corrected chi connectivity index (χ4v) is 2.38. The highest BCUT2D eigenvalue weighted by atomic mass is 32.1. The number of ketones is 1. The Morgan fingerprint density at radius 2 is 2.47 bits per heavy atom. The van der Waals surface area contributed by atoms with E-state index in [2.05, 4.69) is 4.98 Å². The summed E-state index contributed by atoms with van der Waals surface area (Å²) in [5.41, 5.74) is 6.59. The van der Waals surface area contributed by atoms with Crippen LogP contribution in [-0.2, 0) is 11.2 Å². The maximum absolute atomic E-state index is 11.8. The number of aromatic nitrogens is 1. The third-order valence-electron chi connectivity index (χ3n) is 2.55. The van der Waals surface area contributed by atoms with E-state index in [0.29, 0.717) is 6.42 Å². The SMILES string of the molecule is Cc1nc(CC(=O)C2C=CC(N)C2)cs1. The molecule has 0 amide bonds. The van der Waals surface area contributed by atoms with Crippen molar-refractivity contribution in [2.24, 2.45) is 11.7 Å². The van der Waals surface area contributed by atoms with Gasteiger partial charge >= 0.3 is 0 Å². The summed E-state index contributed by atoms with van der Waals surface area (Å²) in [4.78, 5) is 16.1. The van der Waals surface area contributed by atoms with Gasteiger partial charge in [0.1, 0.15) is 5.78 Å². The molecular weight excluding hydrogens is 208 g/mol. The lowest BCUT2D eigenvalue weighted by Crippen LogP contribution is -2.20. The number of nitrogens with two attached hydrogens (primary N) is 1. The molecule has 2 atom stereocenters. The minimum atomic E-state index is 0.00186. The summed E-state index contributed by atoms with van der Waals surface area (Å²) in [6, 6.07) is 0.0520. The van der Waals surface area contributed by atoms with E-state index in [0.717, 1.165) is 17.1 Å². The molecule has 4 heteroatoms. The van der Waals surface area contributed by atoms with Crippen LogP contribution in [0.5, 0.6) is 0 Å². The first-order valence-electron chi connectivity index (χ1n) is 5.03. The predicted molar refractivity (Wildman–Crippen MR) is 60.8 cm³/mol. The number of rotatable bonds is 3. The predicted octanol–water partition coefficient (Wildman–Crippen LogP) is 1.47. The summed E-state index contributed by atoms with van der Waals surface area (Å²) >= 11 is 1.58. The second-order valence-electron chi connectivity index (χ2n) is 3.89. The van der Waals surface area contributed by atoms with Gasteiger partial charge < -0.3 is 5.73 Å². The topological polar surface area (TPSA) is 56.0 Å². The molecule has 0 saturated carbocycles. The lowest BCUT2D eigenvalue weighted by Gasteiger charge is -2.06. The van der Waals surface area contributed by atoms with Crippen LogP contribution in [0, 0.1) is 12.8 Å². The number of aryl methyl sites for hydroxylation is 1. The van der Waals surface area contributed by atoms with Crippen molar-refractivity contribution in [1.29, 1.82) is 0 Å². The van der Waals surface area contributed by atoms with Crippen LogP contribution in [0.1, 0.15) is 17.1 Å². The molecule has 1 aliphatic carbocycles. The largest absolute Gasteiger partial charge is 0.324 e. The first-order chi connectivity index (χ1) is 7.15. The van der Waals surface area contributed by atoms with Crippen molar-refractivity contribution in [3.63, 3.8) is 0 Å². The maximum Gasteiger partial charge on any atom is 0.145 e. The van der Waals surface area contributed by atoms with Crippen LogP contribution in [0.2, 0.25) is 0 Å². The summed E-state index contributed by atoms with van der Waals surface area (Å²) in [6.07, 6.45) is 5.02. The van der Waals surface area contributed by atoms with Crippen molar-refractivity contribution >= 4 is 17.1 Å². The number of Topliss-reactive ketones (excluding diaryl/α,β-unsaturated/α-hetero) is 1. The van der Waals surface area contributed by atoms with Gasteiger partial charge in [0.05, 0.1) is 17.1 Å². The van der Waals surface area contributed by atoms with Gasteiger partial charge in [-0.15, -0.1) is 11.3 Å². The molecule has 0 aliphatic heterocycles. The zero-order chi connectivity index (χ0) is 10.8. The molecule has 1 aliphatic rings. The van der Waals surface area contributed by atoms with Crippen LogP contribution in [0.4, 0.5) is 0 Å². The number of carbonyl (C=O) groups excluding carboxylic acids is 1. The Morgan fingerprint density at radius 1 is 1.67 bits per heavy atom. The van der Waals surface area contributed by atoms with E-state index in [1.54, 1.807) is 11.3 Å². The summed E-state index contributed by atoms with van der Waals surface area (Å²) in [5, 5.41) is 2.96. The molecule has 0 spiro atoms. The molecular formula is C11H14N2OS. The Bertz CT molecular complexity index is 397. The van der Waals surface area contributed by atoms with Crippen molar-refractivity contribution in [1.82, 2.24) is 4.98 Å². The Kier molecular flexibility index (Phi) is 2.98. The van der Waals surface area contributed by atoms with Gasteiger partial charge in [-0.2, -0.15) is 0 Å². The zero-order valence-electron chi connectivity index (χ0n) is 8.64. The molecule has 2 rings (SSSR count). The van der Waals surface area contributed by atoms with Crippen LogP contribution in [0.25, 0.3) is 0 Å². The Hall–Kier alpha value is -1.00. The average Bonchev–Trinajstić information content (AvgIpc) is 2.75. The average molecular weight is 222 g/mol. The Balaban J connectivity index is 1.96. The lowest BCUT2D eigenvalue weighted by atomic mass is 9.99. The monoisotopic (exact) mass is 222 g/mol. The molecule has 0 radical (unpaired) electrons. The molecule has 0 aromatic carbocycles. The highest BCUT2D eigenvalue weighted by molar-refractivity contribution is 7.09. The smallest absolute Gasteiger partial charge is 0.145 e. The fourth-order valence-electron chi connectivity index (χ4n) is 1.76. The molecule has 2 N–H and O–H groups in total. The molecule has 0 bridgehead atoms. The number of thiazole rings is 1. The number of hydrogen-bond acceptors (Lipinski definition) is 4. The highest BCUT2D eigenvalue weighted by Gasteiger charge is 2.22. The van der Waals surface area contributed by atoms with E-state index in [-0.39, 0.29) is 17.7 Å². The molecule has 3 nitrogen and oxygen atoms in total. The Labute approximate surface area is 93.0 Å². The summed E-state index contributed by atoms with van der Waals surface area (Å²) in [7, 11) is 0. The van der Waals surface area contributed by atoms with Crippen molar-refractivity contribution < 1.29 is 4.79 Å². The zero-order valence-corrected chi connectivity index (χ0v) is 9.46. The number of allylic oxidation sites excluding steroid dienone is 1.